The van der Waals surface area contributed by atoms with Crippen molar-refractivity contribution in [3.05, 3.63) is 24.2 Å². The molecule has 0 bridgehead atoms. The zero-order valence-corrected chi connectivity index (χ0v) is 10.1. The van der Waals surface area contributed by atoms with E-state index in [-0.39, 0.29) is 0 Å². The molecule has 1 aromatic heterocycles. The lowest BCUT2D eigenvalue weighted by atomic mass is 10.0. The Hall–Kier alpha value is -0.760. The molecular formula is C13H23NO. The van der Waals surface area contributed by atoms with E-state index in [1.54, 1.807) is 6.26 Å². The number of furan rings is 1. The van der Waals surface area contributed by atoms with Crippen LogP contribution in [0.15, 0.2) is 22.8 Å². The second kappa shape index (κ2) is 6.67. The fraction of sp³-hybridized carbons (Fsp3) is 0.692. The summed E-state index contributed by atoms with van der Waals surface area (Å²) in [6.07, 6.45) is 5.24. The van der Waals surface area contributed by atoms with Gasteiger partial charge in [-0.3, -0.25) is 0 Å². The summed E-state index contributed by atoms with van der Waals surface area (Å²) in [6.45, 7) is 7.85. The van der Waals surface area contributed by atoms with Crippen LogP contribution in [0.3, 0.4) is 0 Å². The molecule has 0 amide bonds. The van der Waals surface area contributed by atoms with Crippen LogP contribution < -0.4 is 5.32 Å². The Morgan fingerprint density at radius 3 is 2.60 bits per heavy atom. The number of hydrogen-bond donors (Lipinski definition) is 1. The Labute approximate surface area is 93.1 Å². The summed E-state index contributed by atoms with van der Waals surface area (Å²) in [5.74, 6) is 1.88. The maximum atomic E-state index is 5.32. The van der Waals surface area contributed by atoms with Crippen molar-refractivity contribution in [1.29, 1.82) is 0 Å². The molecule has 86 valence electrons. The van der Waals surface area contributed by atoms with Crippen LogP contribution in [0.4, 0.5) is 0 Å². The van der Waals surface area contributed by atoms with Crippen LogP contribution in [0.5, 0.6) is 0 Å². The van der Waals surface area contributed by atoms with Crippen LogP contribution in [0.2, 0.25) is 0 Å². The van der Waals surface area contributed by atoms with Gasteiger partial charge in [0.1, 0.15) is 5.76 Å². The first-order valence-electron chi connectivity index (χ1n) is 6.02. The Kier molecular flexibility index (Phi) is 5.48. The molecule has 1 unspecified atom stereocenters. The summed E-state index contributed by atoms with van der Waals surface area (Å²) in [5.41, 5.74) is 0. The van der Waals surface area contributed by atoms with Crippen molar-refractivity contribution in [2.24, 2.45) is 5.92 Å². The highest BCUT2D eigenvalue weighted by molar-refractivity contribution is 4.99. The summed E-state index contributed by atoms with van der Waals surface area (Å²) in [4.78, 5) is 0. The first kappa shape index (κ1) is 12.3. The largest absolute Gasteiger partial charge is 0.469 e. The van der Waals surface area contributed by atoms with Gasteiger partial charge in [0.25, 0.3) is 0 Å². The third-order valence-electron chi connectivity index (χ3n) is 3.00. The quantitative estimate of drug-likeness (QED) is 0.745. The summed E-state index contributed by atoms with van der Waals surface area (Å²) in [6, 6.07) is 4.48. The molecule has 1 N–H and O–H groups in total. The van der Waals surface area contributed by atoms with Gasteiger partial charge in [0, 0.05) is 12.5 Å². The molecule has 1 aromatic rings. The van der Waals surface area contributed by atoms with E-state index in [1.807, 2.05) is 12.1 Å². The van der Waals surface area contributed by atoms with E-state index >= 15 is 0 Å². The number of nitrogens with one attached hydrogen (secondary N) is 1. The van der Waals surface area contributed by atoms with Crippen LogP contribution in [-0.2, 0) is 6.42 Å². The molecule has 2 heteroatoms. The van der Waals surface area contributed by atoms with E-state index in [4.69, 9.17) is 4.42 Å². The van der Waals surface area contributed by atoms with Crippen LogP contribution >= 0.6 is 0 Å². The van der Waals surface area contributed by atoms with Crippen molar-refractivity contribution >= 4 is 0 Å². The van der Waals surface area contributed by atoms with Crippen LogP contribution in [0.1, 0.15) is 39.4 Å². The normalized spacial score (nSPS) is 13.3. The minimum absolute atomic E-state index is 0.497. The molecular weight excluding hydrogens is 186 g/mol. The van der Waals surface area contributed by atoms with Gasteiger partial charge in [-0.2, -0.15) is 0 Å². The highest BCUT2D eigenvalue weighted by Crippen LogP contribution is 2.07. The van der Waals surface area contributed by atoms with E-state index in [0.717, 1.165) is 24.6 Å². The molecule has 0 aliphatic carbocycles. The van der Waals surface area contributed by atoms with Gasteiger partial charge in [0.2, 0.25) is 0 Å². The second-order valence-electron chi connectivity index (χ2n) is 4.28. The Morgan fingerprint density at radius 2 is 2.07 bits per heavy atom. The van der Waals surface area contributed by atoms with Crippen molar-refractivity contribution in [3.8, 4) is 0 Å². The standard InChI is InChI=1S/C13H23NO/c1-4-12(5-2)10-14-11(3)9-13-7-6-8-15-13/h6-8,11-12,14H,4-5,9-10H2,1-3H3. The van der Waals surface area contributed by atoms with Crippen LogP contribution in [0, 0.1) is 5.92 Å². The number of hydrogen-bond acceptors (Lipinski definition) is 2. The zero-order valence-electron chi connectivity index (χ0n) is 10.1. The van der Waals surface area contributed by atoms with Gasteiger partial charge in [0.15, 0.2) is 0 Å². The lowest BCUT2D eigenvalue weighted by Gasteiger charge is -2.17. The van der Waals surface area contributed by atoms with E-state index in [2.05, 4.69) is 26.1 Å². The van der Waals surface area contributed by atoms with Crippen molar-refractivity contribution in [1.82, 2.24) is 5.32 Å². The maximum absolute atomic E-state index is 5.32. The first-order valence-corrected chi connectivity index (χ1v) is 6.02. The third kappa shape index (κ3) is 4.52. The average Bonchev–Trinajstić information content (AvgIpc) is 2.72. The van der Waals surface area contributed by atoms with Crippen LogP contribution in [0.25, 0.3) is 0 Å². The number of rotatable bonds is 7. The van der Waals surface area contributed by atoms with Gasteiger partial charge in [-0.15, -0.1) is 0 Å². The molecule has 2 nitrogen and oxygen atoms in total. The smallest absolute Gasteiger partial charge is 0.105 e. The predicted molar refractivity (Wildman–Crippen MR) is 63.9 cm³/mol. The van der Waals surface area contributed by atoms with Gasteiger partial charge >= 0.3 is 0 Å². The second-order valence-corrected chi connectivity index (χ2v) is 4.28. The van der Waals surface area contributed by atoms with Gasteiger partial charge < -0.3 is 9.73 Å². The van der Waals surface area contributed by atoms with Crippen molar-refractivity contribution < 1.29 is 4.42 Å². The summed E-state index contributed by atoms with van der Waals surface area (Å²) >= 11 is 0. The lowest BCUT2D eigenvalue weighted by Crippen LogP contribution is -2.32. The lowest BCUT2D eigenvalue weighted by molar-refractivity contribution is 0.399. The molecule has 0 aliphatic heterocycles. The third-order valence-corrected chi connectivity index (χ3v) is 3.00. The molecule has 0 aromatic carbocycles. The molecule has 1 atom stereocenters. The van der Waals surface area contributed by atoms with E-state index in [9.17, 15) is 0 Å². The van der Waals surface area contributed by atoms with Crippen LogP contribution in [-0.4, -0.2) is 12.6 Å². The van der Waals surface area contributed by atoms with Gasteiger partial charge in [-0.05, 0) is 31.5 Å². The van der Waals surface area contributed by atoms with Gasteiger partial charge in [-0.25, -0.2) is 0 Å². The Morgan fingerprint density at radius 1 is 1.33 bits per heavy atom. The Bertz CT molecular complexity index is 239. The monoisotopic (exact) mass is 209 g/mol. The highest BCUT2D eigenvalue weighted by Gasteiger charge is 2.08. The van der Waals surface area contributed by atoms with Gasteiger partial charge in [0.05, 0.1) is 6.26 Å². The molecule has 0 radical (unpaired) electrons. The maximum Gasteiger partial charge on any atom is 0.105 e. The molecule has 1 rings (SSSR count). The molecule has 0 fully saturated rings. The molecule has 0 spiro atoms. The van der Waals surface area contributed by atoms with Gasteiger partial charge in [-0.1, -0.05) is 26.7 Å². The average molecular weight is 209 g/mol. The Balaban J connectivity index is 2.21. The molecule has 15 heavy (non-hydrogen) atoms. The van der Waals surface area contributed by atoms with Crippen molar-refractivity contribution in [2.75, 3.05) is 6.54 Å². The molecule has 0 saturated heterocycles. The first-order chi connectivity index (χ1) is 7.26. The van der Waals surface area contributed by atoms with E-state index < -0.39 is 0 Å². The zero-order chi connectivity index (χ0) is 11.1. The van der Waals surface area contributed by atoms with Crippen molar-refractivity contribution in [2.45, 2.75) is 46.1 Å². The van der Waals surface area contributed by atoms with E-state index in [0.29, 0.717) is 6.04 Å². The fourth-order valence-electron chi connectivity index (χ4n) is 1.75. The fourth-order valence-corrected chi connectivity index (χ4v) is 1.75. The summed E-state index contributed by atoms with van der Waals surface area (Å²) in [5, 5.41) is 3.56. The minimum atomic E-state index is 0.497. The molecule has 0 saturated carbocycles. The summed E-state index contributed by atoms with van der Waals surface area (Å²) in [7, 11) is 0. The van der Waals surface area contributed by atoms with E-state index in [1.165, 1.54) is 12.8 Å². The topological polar surface area (TPSA) is 25.2 Å². The highest BCUT2D eigenvalue weighted by atomic mass is 16.3. The minimum Gasteiger partial charge on any atom is -0.469 e. The SMILES string of the molecule is CCC(CC)CNC(C)Cc1ccco1. The molecule has 0 aliphatic rings. The molecule has 1 heterocycles. The summed E-state index contributed by atoms with van der Waals surface area (Å²) < 4.78 is 5.32. The van der Waals surface area contributed by atoms with Crippen molar-refractivity contribution in [3.63, 3.8) is 0 Å². The predicted octanol–water partition coefficient (Wildman–Crippen LogP) is 3.24.